The van der Waals surface area contributed by atoms with Crippen LogP contribution in [0.5, 0.6) is 0 Å². The van der Waals surface area contributed by atoms with Gasteiger partial charge in [0.1, 0.15) is 5.15 Å². The third kappa shape index (κ3) is 1.83. The Morgan fingerprint density at radius 1 is 1.43 bits per heavy atom. The standard InChI is InChI=1S/C9H8Cl2N2O/c10-6-1-2-7(11)13-9(6)5-3-8(14)12-4-5/h1-2,5H,3-4H2,(H,12,14). The zero-order valence-corrected chi connectivity index (χ0v) is 8.77. The molecule has 3 nitrogen and oxygen atoms in total. The molecule has 1 aromatic heterocycles. The first kappa shape index (κ1) is 9.74. The fourth-order valence-electron chi connectivity index (χ4n) is 1.52. The molecule has 1 aliphatic heterocycles. The van der Waals surface area contributed by atoms with Crippen LogP contribution in [0.2, 0.25) is 10.2 Å². The number of nitrogens with zero attached hydrogens (tertiary/aromatic N) is 1. The molecule has 1 amide bonds. The van der Waals surface area contributed by atoms with Crippen LogP contribution in [0.1, 0.15) is 18.0 Å². The molecule has 2 heterocycles. The molecule has 5 heteroatoms. The van der Waals surface area contributed by atoms with Crippen LogP contribution in [-0.4, -0.2) is 17.4 Å². The first-order valence-electron chi connectivity index (χ1n) is 4.25. The van der Waals surface area contributed by atoms with Crippen molar-refractivity contribution in [3.8, 4) is 0 Å². The molecule has 1 N–H and O–H groups in total. The Morgan fingerprint density at radius 3 is 2.86 bits per heavy atom. The van der Waals surface area contributed by atoms with E-state index in [1.54, 1.807) is 12.1 Å². The quantitative estimate of drug-likeness (QED) is 0.751. The van der Waals surface area contributed by atoms with Gasteiger partial charge >= 0.3 is 0 Å². The second-order valence-corrected chi connectivity index (χ2v) is 4.00. The highest BCUT2D eigenvalue weighted by Crippen LogP contribution is 2.28. The molecule has 0 spiro atoms. The summed E-state index contributed by atoms with van der Waals surface area (Å²) in [6.07, 6.45) is 0.438. The van der Waals surface area contributed by atoms with E-state index in [0.29, 0.717) is 28.8 Å². The fraction of sp³-hybridized carbons (Fsp3) is 0.333. The summed E-state index contributed by atoms with van der Waals surface area (Å²) in [7, 11) is 0. The number of pyridine rings is 1. The number of rotatable bonds is 1. The molecule has 0 radical (unpaired) electrons. The summed E-state index contributed by atoms with van der Waals surface area (Å²) < 4.78 is 0. The van der Waals surface area contributed by atoms with Gasteiger partial charge in [-0.1, -0.05) is 23.2 Å². The maximum atomic E-state index is 11.0. The number of nitrogens with one attached hydrogen (secondary N) is 1. The lowest BCUT2D eigenvalue weighted by atomic mass is 10.0. The average molecular weight is 231 g/mol. The van der Waals surface area contributed by atoms with E-state index in [1.807, 2.05) is 0 Å². The van der Waals surface area contributed by atoms with Crippen molar-refractivity contribution in [3.05, 3.63) is 28.0 Å². The van der Waals surface area contributed by atoms with E-state index in [9.17, 15) is 4.79 Å². The summed E-state index contributed by atoms with van der Waals surface area (Å²) in [5.74, 6) is 0.0848. The number of hydrogen-bond acceptors (Lipinski definition) is 2. The molecule has 1 atom stereocenters. The first-order valence-corrected chi connectivity index (χ1v) is 5.01. The molecule has 14 heavy (non-hydrogen) atoms. The molecular weight excluding hydrogens is 223 g/mol. The summed E-state index contributed by atoms with van der Waals surface area (Å²) in [5, 5.41) is 3.71. The van der Waals surface area contributed by atoms with Gasteiger partial charge in [0.25, 0.3) is 0 Å². The number of halogens is 2. The van der Waals surface area contributed by atoms with Gasteiger partial charge in [-0.15, -0.1) is 0 Å². The zero-order chi connectivity index (χ0) is 10.1. The predicted octanol–water partition coefficient (Wildman–Crippen LogP) is 1.99. The first-order chi connectivity index (χ1) is 6.66. The van der Waals surface area contributed by atoms with Gasteiger partial charge in [-0.2, -0.15) is 0 Å². The van der Waals surface area contributed by atoms with E-state index in [-0.39, 0.29) is 11.8 Å². The van der Waals surface area contributed by atoms with E-state index in [4.69, 9.17) is 23.2 Å². The van der Waals surface area contributed by atoms with E-state index < -0.39 is 0 Å². The van der Waals surface area contributed by atoms with Crippen molar-refractivity contribution in [2.45, 2.75) is 12.3 Å². The SMILES string of the molecule is O=C1CC(c2nc(Cl)ccc2Cl)CN1. The Labute approximate surface area is 91.4 Å². The Morgan fingerprint density at radius 2 is 2.21 bits per heavy atom. The molecule has 0 aromatic carbocycles. The third-order valence-electron chi connectivity index (χ3n) is 2.20. The molecule has 0 saturated carbocycles. The lowest BCUT2D eigenvalue weighted by Gasteiger charge is -2.08. The molecule has 2 rings (SSSR count). The third-order valence-corrected chi connectivity index (χ3v) is 2.73. The van der Waals surface area contributed by atoms with Crippen LogP contribution in [-0.2, 0) is 4.79 Å². The highest BCUT2D eigenvalue weighted by Gasteiger charge is 2.26. The summed E-state index contributed by atoms with van der Waals surface area (Å²) in [6.45, 7) is 0.589. The lowest BCUT2D eigenvalue weighted by molar-refractivity contribution is -0.119. The monoisotopic (exact) mass is 230 g/mol. The maximum Gasteiger partial charge on any atom is 0.220 e. The fourth-order valence-corrected chi connectivity index (χ4v) is 1.93. The van der Waals surface area contributed by atoms with Gasteiger partial charge in [0, 0.05) is 18.9 Å². The lowest BCUT2D eigenvalue weighted by Crippen LogP contribution is -2.13. The predicted molar refractivity (Wildman–Crippen MR) is 54.6 cm³/mol. The normalized spacial score (nSPS) is 21.0. The summed E-state index contributed by atoms with van der Waals surface area (Å²) in [6, 6.07) is 3.34. The number of hydrogen-bond donors (Lipinski definition) is 1. The average Bonchev–Trinajstić information content (AvgIpc) is 2.56. The second kappa shape index (κ2) is 3.75. The van der Waals surface area contributed by atoms with Crippen LogP contribution in [0.3, 0.4) is 0 Å². The molecule has 1 fully saturated rings. The Bertz CT molecular complexity index is 381. The minimum absolute atomic E-state index is 0.0350. The largest absolute Gasteiger partial charge is 0.355 e. The van der Waals surface area contributed by atoms with Gasteiger partial charge in [-0.05, 0) is 12.1 Å². The van der Waals surface area contributed by atoms with Crippen molar-refractivity contribution >= 4 is 29.1 Å². The summed E-state index contributed by atoms with van der Waals surface area (Å²) >= 11 is 11.7. The van der Waals surface area contributed by atoms with E-state index >= 15 is 0 Å². The highest BCUT2D eigenvalue weighted by atomic mass is 35.5. The minimum atomic E-state index is 0.0350. The summed E-state index contributed by atoms with van der Waals surface area (Å²) in [5.41, 5.74) is 0.706. The van der Waals surface area contributed by atoms with E-state index in [1.165, 1.54) is 0 Å². The number of aromatic nitrogens is 1. The molecule has 1 aliphatic rings. The Hall–Kier alpha value is -0.800. The van der Waals surface area contributed by atoms with Gasteiger partial charge in [0.2, 0.25) is 5.91 Å². The van der Waals surface area contributed by atoms with Gasteiger partial charge < -0.3 is 5.32 Å². The number of amides is 1. The maximum absolute atomic E-state index is 11.0. The van der Waals surface area contributed by atoms with E-state index in [0.717, 1.165) is 0 Å². The topological polar surface area (TPSA) is 42.0 Å². The van der Waals surface area contributed by atoms with Gasteiger partial charge in [0.05, 0.1) is 10.7 Å². The number of carbonyl (C=O) groups is 1. The molecule has 1 unspecified atom stereocenters. The van der Waals surface area contributed by atoms with Gasteiger partial charge in [-0.25, -0.2) is 4.98 Å². The summed E-state index contributed by atoms with van der Waals surface area (Å²) in [4.78, 5) is 15.1. The Kier molecular flexibility index (Phi) is 2.61. The second-order valence-electron chi connectivity index (χ2n) is 3.21. The molecule has 1 aromatic rings. The molecule has 0 aliphatic carbocycles. The molecule has 0 bridgehead atoms. The van der Waals surface area contributed by atoms with Crippen LogP contribution >= 0.6 is 23.2 Å². The van der Waals surface area contributed by atoms with Crippen molar-refractivity contribution < 1.29 is 4.79 Å². The highest BCUT2D eigenvalue weighted by molar-refractivity contribution is 6.32. The van der Waals surface area contributed by atoms with Crippen LogP contribution in [0.25, 0.3) is 0 Å². The van der Waals surface area contributed by atoms with Crippen LogP contribution < -0.4 is 5.32 Å². The smallest absolute Gasteiger partial charge is 0.220 e. The van der Waals surface area contributed by atoms with Crippen molar-refractivity contribution in [1.29, 1.82) is 0 Å². The van der Waals surface area contributed by atoms with Crippen LogP contribution in [0.4, 0.5) is 0 Å². The van der Waals surface area contributed by atoms with Crippen LogP contribution in [0, 0.1) is 0 Å². The van der Waals surface area contributed by atoms with Crippen molar-refractivity contribution in [2.75, 3.05) is 6.54 Å². The van der Waals surface area contributed by atoms with Crippen LogP contribution in [0.15, 0.2) is 12.1 Å². The molecule has 1 saturated heterocycles. The Balaban J connectivity index is 2.31. The number of carbonyl (C=O) groups excluding carboxylic acids is 1. The van der Waals surface area contributed by atoms with Gasteiger partial charge in [-0.3, -0.25) is 4.79 Å². The van der Waals surface area contributed by atoms with Crippen molar-refractivity contribution in [3.63, 3.8) is 0 Å². The molecular formula is C9H8Cl2N2O. The van der Waals surface area contributed by atoms with Crippen molar-refractivity contribution in [2.24, 2.45) is 0 Å². The van der Waals surface area contributed by atoms with Gasteiger partial charge in [0.15, 0.2) is 0 Å². The zero-order valence-electron chi connectivity index (χ0n) is 7.26. The van der Waals surface area contributed by atoms with E-state index in [2.05, 4.69) is 10.3 Å². The minimum Gasteiger partial charge on any atom is -0.355 e. The molecule has 74 valence electrons. The van der Waals surface area contributed by atoms with Crippen molar-refractivity contribution in [1.82, 2.24) is 10.3 Å².